The van der Waals surface area contributed by atoms with Crippen molar-refractivity contribution in [3.63, 3.8) is 0 Å². The van der Waals surface area contributed by atoms with E-state index in [0.29, 0.717) is 17.3 Å². The molecule has 2 aromatic carbocycles. The fourth-order valence-corrected chi connectivity index (χ4v) is 2.44. The van der Waals surface area contributed by atoms with E-state index in [1.165, 1.54) is 0 Å². The smallest absolute Gasteiger partial charge is 0.319 e. The zero-order valence-corrected chi connectivity index (χ0v) is 14.7. The predicted octanol–water partition coefficient (Wildman–Crippen LogP) is 3.38. The Balaban J connectivity index is 1.64. The number of urea groups is 1. The van der Waals surface area contributed by atoms with Crippen molar-refractivity contribution in [1.29, 1.82) is 0 Å². The van der Waals surface area contributed by atoms with Crippen LogP contribution in [0.2, 0.25) is 0 Å². The van der Waals surface area contributed by atoms with Crippen molar-refractivity contribution in [2.24, 2.45) is 0 Å². The highest BCUT2D eigenvalue weighted by molar-refractivity contribution is 5.90. The molecule has 0 radical (unpaired) electrons. The zero-order valence-electron chi connectivity index (χ0n) is 14.7. The first-order chi connectivity index (χ1) is 12.6. The number of ether oxygens (including phenoxy) is 1. The van der Waals surface area contributed by atoms with Gasteiger partial charge < -0.3 is 15.4 Å². The van der Waals surface area contributed by atoms with E-state index in [9.17, 15) is 4.79 Å². The molecule has 0 saturated heterocycles. The van der Waals surface area contributed by atoms with Crippen LogP contribution in [0.25, 0.3) is 5.69 Å². The van der Waals surface area contributed by atoms with Crippen molar-refractivity contribution in [3.05, 3.63) is 66.7 Å². The van der Waals surface area contributed by atoms with E-state index in [1.807, 2.05) is 66.9 Å². The number of rotatable bonds is 6. The third-order valence-corrected chi connectivity index (χ3v) is 3.56. The first-order valence-electron chi connectivity index (χ1n) is 8.38. The summed E-state index contributed by atoms with van der Waals surface area (Å²) in [6.07, 6.45) is 1.64. The number of nitrogens with one attached hydrogen (secondary N) is 2. The van der Waals surface area contributed by atoms with Crippen molar-refractivity contribution < 1.29 is 9.53 Å². The first-order valence-corrected chi connectivity index (χ1v) is 8.38. The van der Waals surface area contributed by atoms with Crippen LogP contribution in [0.5, 0.6) is 5.75 Å². The van der Waals surface area contributed by atoms with Gasteiger partial charge in [0.1, 0.15) is 12.1 Å². The van der Waals surface area contributed by atoms with E-state index < -0.39 is 0 Å². The molecule has 0 fully saturated rings. The Hall–Kier alpha value is -3.35. The number of hydrogen-bond donors (Lipinski definition) is 2. The average Bonchev–Trinajstić information content (AvgIpc) is 3.10. The molecule has 0 atom stereocenters. The number of carbonyl (C=O) groups is 1. The van der Waals surface area contributed by atoms with Crippen molar-refractivity contribution in [3.8, 4) is 11.4 Å². The van der Waals surface area contributed by atoms with Crippen LogP contribution in [-0.2, 0) is 6.54 Å². The van der Waals surface area contributed by atoms with Gasteiger partial charge in [-0.3, -0.25) is 4.57 Å². The molecule has 0 unspecified atom stereocenters. The lowest BCUT2D eigenvalue weighted by Gasteiger charge is -2.15. The van der Waals surface area contributed by atoms with Crippen LogP contribution in [0.1, 0.15) is 19.7 Å². The highest BCUT2D eigenvalue weighted by Gasteiger charge is 2.11. The van der Waals surface area contributed by atoms with E-state index in [1.54, 1.807) is 12.4 Å². The van der Waals surface area contributed by atoms with Crippen molar-refractivity contribution in [2.75, 3.05) is 5.32 Å². The minimum absolute atomic E-state index is 0.0189. The minimum Gasteiger partial charge on any atom is -0.489 e. The SMILES string of the molecule is CC(C)Oc1ccccc1NC(=O)NCc1nncn1-c1ccccc1. The van der Waals surface area contributed by atoms with E-state index in [-0.39, 0.29) is 18.7 Å². The zero-order chi connectivity index (χ0) is 18.4. The Morgan fingerprint density at radius 1 is 1.12 bits per heavy atom. The number of carbonyl (C=O) groups excluding carboxylic acids is 1. The van der Waals surface area contributed by atoms with Gasteiger partial charge >= 0.3 is 6.03 Å². The van der Waals surface area contributed by atoms with Crippen LogP contribution in [0.4, 0.5) is 10.5 Å². The van der Waals surface area contributed by atoms with Crippen LogP contribution >= 0.6 is 0 Å². The molecule has 3 aromatic rings. The average molecular weight is 351 g/mol. The summed E-state index contributed by atoms with van der Waals surface area (Å²) < 4.78 is 7.53. The summed E-state index contributed by atoms with van der Waals surface area (Å²) in [7, 11) is 0. The van der Waals surface area contributed by atoms with Gasteiger partial charge in [0, 0.05) is 5.69 Å². The van der Waals surface area contributed by atoms with Crippen LogP contribution in [0.15, 0.2) is 60.9 Å². The molecule has 7 heteroatoms. The van der Waals surface area contributed by atoms with Crippen molar-refractivity contribution in [1.82, 2.24) is 20.1 Å². The van der Waals surface area contributed by atoms with Gasteiger partial charge in [-0.25, -0.2) is 4.79 Å². The topological polar surface area (TPSA) is 81.1 Å². The molecule has 1 aromatic heterocycles. The molecular weight excluding hydrogens is 330 g/mol. The van der Waals surface area contributed by atoms with E-state index in [2.05, 4.69) is 20.8 Å². The van der Waals surface area contributed by atoms with Crippen LogP contribution in [0.3, 0.4) is 0 Å². The van der Waals surface area contributed by atoms with Gasteiger partial charge in [0.05, 0.1) is 18.3 Å². The number of para-hydroxylation sites is 3. The monoisotopic (exact) mass is 351 g/mol. The molecule has 0 aliphatic rings. The van der Waals surface area contributed by atoms with Gasteiger partial charge in [0.2, 0.25) is 0 Å². The Morgan fingerprint density at radius 3 is 2.62 bits per heavy atom. The molecule has 0 bridgehead atoms. The lowest BCUT2D eigenvalue weighted by Crippen LogP contribution is -2.29. The number of hydrogen-bond acceptors (Lipinski definition) is 4. The number of benzene rings is 2. The Kier molecular flexibility index (Phi) is 5.48. The highest BCUT2D eigenvalue weighted by Crippen LogP contribution is 2.24. The number of anilines is 1. The molecule has 7 nitrogen and oxygen atoms in total. The lowest BCUT2D eigenvalue weighted by molar-refractivity contribution is 0.241. The normalized spacial score (nSPS) is 10.6. The Labute approximate surface area is 152 Å². The van der Waals surface area contributed by atoms with Crippen molar-refractivity contribution >= 4 is 11.7 Å². The first kappa shape index (κ1) is 17.5. The molecule has 2 N–H and O–H groups in total. The molecule has 134 valence electrons. The molecular formula is C19H21N5O2. The summed E-state index contributed by atoms with van der Waals surface area (Å²) >= 11 is 0. The summed E-state index contributed by atoms with van der Waals surface area (Å²) in [5.41, 5.74) is 1.55. The van der Waals surface area contributed by atoms with E-state index >= 15 is 0 Å². The van der Waals surface area contributed by atoms with Crippen LogP contribution in [0, 0.1) is 0 Å². The third kappa shape index (κ3) is 4.38. The molecule has 26 heavy (non-hydrogen) atoms. The van der Waals surface area contributed by atoms with E-state index in [4.69, 9.17) is 4.74 Å². The summed E-state index contributed by atoms with van der Waals surface area (Å²) in [6, 6.07) is 16.7. The van der Waals surface area contributed by atoms with Gasteiger partial charge in [-0.1, -0.05) is 30.3 Å². The second kappa shape index (κ2) is 8.15. The molecule has 0 saturated carbocycles. The third-order valence-electron chi connectivity index (χ3n) is 3.56. The second-order valence-electron chi connectivity index (χ2n) is 5.92. The molecule has 3 rings (SSSR count). The predicted molar refractivity (Wildman–Crippen MR) is 99.4 cm³/mol. The maximum atomic E-state index is 12.3. The number of amides is 2. The quantitative estimate of drug-likeness (QED) is 0.713. The van der Waals surface area contributed by atoms with Crippen LogP contribution in [-0.4, -0.2) is 26.9 Å². The minimum atomic E-state index is -0.340. The molecule has 2 amide bonds. The summed E-state index contributed by atoms with van der Waals surface area (Å²) in [4.78, 5) is 12.3. The largest absolute Gasteiger partial charge is 0.489 e. The number of nitrogens with zero attached hydrogens (tertiary/aromatic N) is 3. The number of aromatic nitrogens is 3. The molecule has 0 aliphatic heterocycles. The maximum absolute atomic E-state index is 12.3. The van der Waals surface area contributed by atoms with Crippen molar-refractivity contribution in [2.45, 2.75) is 26.5 Å². The lowest BCUT2D eigenvalue weighted by atomic mass is 10.3. The van der Waals surface area contributed by atoms with Gasteiger partial charge in [0.15, 0.2) is 5.82 Å². The molecule has 0 spiro atoms. The fraction of sp³-hybridized carbons (Fsp3) is 0.211. The van der Waals surface area contributed by atoms with Gasteiger partial charge in [-0.05, 0) is 38.1 Å². The van der Waals surface area contributed by atoms with Crippen LogP contribution < -0.4 is 15.4 Å². The fourth-order valence-electron chi connectivity index (χ4n) is 2.44. The summed E-state index contributed by atoms with van der Waals surface area (Å²) in [5.74, 6) is 1.27. The van der Waals surface area contributed by atoms with Gasteiger partial charge in [0.25, 0.3) is 0 Å². The Bertz CT molecular complexity index is 861. The summed E-state index contributed by atoms with van der Waals surface area (Å²) in [5, 5.41) is 13.6. The van der Waals surface area contributed by atoms with Gasteiger partial charge in [-0.15, -0.1) is 10.2 Å². The molecule has 1 heterocycles. The van der Waals surface area contributed by atoms with E-state index in [0.717, 1.165) is 5.69 Å². The highest BCUT2D eigenvalue weighted by atomic mass is 16.5. The second-order valence-corrected chi connectivity index (χ2v) is 5.92. The maximum Gasteiger partial charge on any atom is 0.319 e. The standard InChI is InChI=1S/C19H21N5O2/c1-14(2)26-17-11-7-6-10-16(17)22-19(25)20-12-18-23-21-13-24(18)15-8-4-3-5-9-15/h3-11,13-14H,12H2,1-2H3,(H2,20,22,25). The molecule has 0 aliphatic carbocycles. The summed E-state index contributed by atoms with van der Waals surface area (Å²) in [6.45, 7) is 4.12. The Morgan fingerprint density at radius 2 is 1.85 bits per heavy atom. The van der Waals surface area contributed by atoms with Gasteiger partial charge in [-0.2, -0.15) is 0 Å².